The third-order valence-electron chi connectivity index (χ3n) is 4.37. The molecule has 2 aromatic carbocycles. The summed E-state index contributed by atoms with van der Waals surface area (Å²) >= 11 is 0. The van der Waals surface area contributed by atoms with Crippen LogP contribution < -0.4 is 4.74 Å². The van der Waals surface area contributed by atoms with Crippen LogP contribution in [0.5, 0.6) is 5.75 Å². The number of para-hydroxylation sites is 1. The monoisotopic (exact) mass is 409 g/mol. The first-order valence-corrected chi connectivity index (χ1v) is 8.17. The lowest BCUT2D eigenvalue weighted by atomic mass is 9.96. The molecule has 0 spiro atoms. The Kier molecular flexibility index (Phi) is 5.01. The second-order valence-corrected chi connectivity index (χ2v) is 6.16. The van der Waals surface area contributed by atoms with Crippen molar-refractivity contribution < 1.29 is 32.7 Å². The molecule has 1 amide bonds. The van der Waals surface area contributed by atoms with Gasteiger partial charge >= 0.3 is 6.18 Å². The summed E-state index contributed by atoms with van der Waals surface area (Å²) in [5, 5.41) is 25.8. The Morgan fingerprint density at radius 1 is 1.28 bits per heavy atom. The van der Waals surface area contributed by atoms with E-state index in [1.807, 2.05) is 0 Å². The molecule has 1 N–H and O–H groups in total. The van der Waals surface area contributed by atoms with E-state index in [4.69, 9.17) is 4.74 Å². The Morgan fingerprint density at radius 3 is 2.59 bits per heavy atom. The number of aliphatic hydroxyl groups is 1. The molecule has 0 fully saturated rings. The van der Waals surface area contributed by atoms with Gasteiger partial charge in [-0.2, -0.15) is 23.3 Å². The highest BCUT2D eigenvalue weighted by atomic mass is 19.4. The number of methoxy groups -OCH3 is 1. The number of hydrogen-bond acceptors (Lipinski definition) is 6. The van der Waals surface area contributed by atoms with Crippen LogP contribution >= 0.6 is 0 Å². The van der Waals surface area contributed by atoms with Crippen LogP contribution in [0.25, 0.3) is 0 Å². The molecular formula is C18H14F3N3O5. The Balaban J connectivity index is 2.15. The number of nitro benzene ring substituents is 1. The third kappa shape index (κ3) is 3.63. The van der Waals surface area contributed by atoms with Crippen molar-refractivity contribution in [2.75, 3.05) is 7.11 Å². The van der Waals surface area contributed by atoms with Gasteiger partial charge in [0.25, 0.3) is 11.6 Å². The smallest absolute Gasteiger partial charge is 0.431 e. The predicted octanol–water partition coefficient (Wildman–Crippen LogP) is 3.21. The number of alkyl halides is 3. The van der Waals surface area contributed by atoms with Crippen LogP contribution in [0.3, 0.4) is 0 Å². The van der Waals surface area contributed by atoms with Crippen LogP contribution in [0.2, 0.25) is 0 Å². The highest BCUT2D eigenvalue weighted by Crippen LogP contribution is 2.41. The first-order valence-electron chi connectivity index (χ1n) is 8.17. The highest BCUT2D eigenvalue weighted by Gasteiger charge is 2.53. The Hall–Kier alpha value is -3.47. The second-order valence-electron chi connectivity index (χ2n) is 6.16. The molecule has 11 heteroatoms. The van der Waals surface area contributed by atoms with E-state index < -0.39 is 46.1 Å². The average molecular weight is 409 g/mol. The molecule has 1 heterocycles. The molecule has 0 unspecified atom stereocenters. The van der Waals surface area contributed by atoms with Crippen LogP contribution in [0.15, 0.2) is 53.6 Å². The Morgan fingerprint density at radius 2 is 1.97 bits per heavy atom. The average Bonchev–Trinajstić information content (AvgIpc) is 3.06. The summed E-state index contributed by atoms with van der Waals surface area (Å²) in [6, 6.07) is 10.2. The minimum absolute atomic E-state index is 0.0909. The Bertz CT molecular complexity index is 1010. The number of carbonyl (C=O) groups excluding carboxylic acids is 1. The zero-order valence-corrected chi connectivity index (χ0v) is 14.9. The molecule has 0 bridgehead atoms. The molecule has 152 valence electrons. The van der Waals surface area contributed by atoms with Crippen molar-refractivity contribution in [1.29, 1.82) is 0 Å². The maximum Gasteiger partial charge on any atom is 0.431 e. The number of benzene rings is 2. The standard InChI is InChI=1S/C18H14F3N3O5/c1-29-12-6-4-5-11(9-12)17(26)10-15(18(19,20)21)22-23(17)16(25)13-7-2-3-8-14(13)24(27)28/h2-9,26H,10H2,1H3/t17-/m0/s1. The lowest BCUT2D eigenvalue weighted by Crippen LogP contribution is -2.44. The van der Waals surface area contributed by atoms with Crippen LogP contribution in [-0.2, 0) is 5.72 Å². The zero-order chi connectivity index (χ0) is 21.4. The fourth-order valence-corrected chi connectivity index (χ4v) is 2.94. The number of hydrogen-bond donors (Lipinski definition) is 1. The van der Waals surface area contributed by atoms with Crippen LogP contribution in [0, 0.1) is 10.1 Å². The quantitative estimate of drug-likeness (QED) is 0.617. The van der Waals surface area contributed by atoms with Gasteiger partial charge in [0.1, 0.15) is 17.0 Å². The van der Waals surface area contributed by atoms with Gasteiger partial charge in [0, 0.05) is 11.6 Å². The van der Waals surface area contributed by atoms with Gasteiger partial charge in [-0.25, -0.2) is 0 Å². The maximum absolute atomic E-state index is 13.3. The number of ether oxygens (including phenoxy) is 1. The van der Waals surface area contributed by atoms with Crippen molar-refractivity contribution in [3.8, 4) is 5.75 Å². The molecule has 1 aliphatic rings. The van der Waals surface area contributed by atoms with Gasteiger partial charge in [-0.1, -0.05) is 24.3 Å². The third-order valence-corrected chi connectivity index (χ3v) is 4.37. The molecule has 0 saturated carbocycles. The molecule has 2 aromatic rings. The van der Waals surface area contributed by atoms with Crippen LogP contribution in [0.1, 0.15) is 22.3 Å². The van der Waals surface area contributed by atoms with Gasteiger partial charge < -0.3 is 9.84 Å². The van der Waals surface area contributed by atoms with E-state index in [0.717, 1.165) is 12.1 Å². The van der Waals surface area contributed by atoms with Crippen LogP contribution in [-0.4, -0.2) is 39.9 Å². The normalized spacial score (nSPS) is 19.1. The number of nitro groups is 1. The Labute approximate surface area is 162 Å². The number of nitrogens with zero attached hydrogens (tertiary/aromatic N) is 3. The zero-order valence-electron chi connectivity index (χ0n) is 14.9. The van der Waals surface area contributed by atoms with Crippen molar-refractivity contribution in [3.05, 3.63) is 69.8 Å². The summed E-state index contributed by atoms with van der Waals surface area (Å²) in [5.41, 5.74) is -5.13. The minimum atomic E-state index is -4.91. The van der Waals surface area contributed by atoms with Gasteiger partial charge in [0.05, 0.1) is 18.5 Å². The summed E-state index contributed by atoms with van der Waals surface area (Å²) in [6.45, 7) is 0. The number of rotatable bonds is 4. The van der Waals surface area contributed by atoms with E-state index in [-0.39, 0.29) is 16.3 Å². The molecule has 0 saturated heterocycles. The van der Waals surface area contributed by atoms with Gasteiger partial charge in [0.15, 0.2) is 5.72 Å². The number of halogens is 3. The minimum Gasteiger partial charge on any atom is -0.497 e. The lowest BCUT2D eigenvalue weighted by molar-refractivity contribution is -0.385. The molecule has 1 aliphatic heterocycles. The molecule has 1 atom stereocenters. The van der Waals surface area contributed by atoms with Gasteiger partial charge in [0.2, 0.25) is 0 Å². The highest BCUT2D eigenvalue weighted by molar-refractivity contribution is 6.02. The molecule has 8 nitrogen and oxygen atoms in total. The lowest BCUT2D eigenvalue weighted by Gasteiger charge is -2.31. The van der Waals surface area contributed by atoms with E-state index in [1.54, 1.807) is 0 Å². The van der Waals surface area contributed by atoms with E-state index in [9.17, 15) is 33.2 Å². The molecule has 0 radical (unpaired) electrons. The van der Waals surface area contributed by atoms with Crippen molar-refractivity contribution in [3.63, 3.8) is 0 Å². The van der Waals surface area contributed by atoms with E-state index in [0.29, 0.717) is 0 Å². The van der Waals surface area contributed by atoms with Crippen molar-refractivity contribution in [1.82, 2.24) is 5.01 Å². The topological polar surface area (TPSA) is 105 Å². The van der Waals surface area contributed by atoms with Crippen molar-refractivity contribution in [2.24, 2.45) is 5.10 Å². The fourth-order valence-electron chi connectivity index (χ4n) is 2.94. The summed E-state index contributed by atoms with van der Waals surface area (Å²) in [4.78, 5) is 23.3. The molecule has 29 heavy (non-hydrogen) atoms. The maximum atomic E-state index is 13.3. The summed E-state index contributed by atoms with van der Waals surface area (Å²) < 4.78 is 44.9. The molecule has 3 rings (SSSR count). The van der Waals surface area contributed by atoms with Gasteiger partial charge in [-0.05, 0) is 18.2 Å². The SMILES string of the molecule is COc1cccc([C@@]2(O)CC(C(F)(F)F)=NN2C(=O)c2ccccc2[N+](=O)[O-])c1. The van der Waals surface area contributed by atoms with Gasteiger partial charge in [-0.15, -0.1) is 0 Å². The van der Waals surface area contributed by atoms with E-state index in [1.165, 1.54) is 43.5 Å². The first-order chi connectivity index (χ1) is 13.6. The molecular weight excluding hydrogens is 395 g/mol. The number of carbonyl (C=O) groups is 1. The van der Waals surface area contributed by atoms with Crippen molar-refractivity contribution >= 4 is 17.3 Å². The summed E-state index contributed by atoms with van der Waals surface area (Å²) in [7, 11) is 1.33. The van der Waals surface area contributed by atoms with E-state index in [2.05, 4.69) is 5.10 Å². The number of amides is 1. The first kappa shape index (κ1) is 20.3. The summed E-state index contributed by atoms with van der Waals surface area (Å²) in [5.74, 6) is -1.02. The van der Waals surface area contributed by atoms with Crippen LogP contribution in [0.4, 0.5) is 18.9 Å². The second kappa shape index (κ2) is 7.17. The van der Waals surface area contributed by atoms with Crippen molar-refractivity contribution in [2.45, 2.75) is 18.3 Å². The predicted molar refractivity (Wildman–Crippen MR) is 94.3 cm³/mol. The van der Waals surface area contributed by atoms with Gasteiger partial charge in [-0.3, -0.25) is 14.9 Å². The van der Waals surface area contributed by atoms with E-state index >= 15 is 0 Å². The largest absolute Gasteiger partial charge is 0.497 e. The molecule has 0 aromatic heterocycles. The fraction of sp³-hybridized carbons (Fsp3) is 0.222. The number of hydrazone groups is 1. The summed E-state index contributed by atoms with van der Waals surface area (Å²) in [6.07, 6.45) is -5.96. The molecule has 0 aliphatic carbocycles.